The molecule has 2 aromatic heterocycles. The maximum absolute atomic E-state index is 5.96. The molecule has 0 unspecified atom stereocenters. The van der Waals surface area contributed by atoms with Gasteiger partial charge in [0.2, 0.25) is 5.89 Å². The summed E-state index contributed by atoms with van der Waals surface area (Å²) in [7, 11) is 0. The van der Waals surface area contributed by atoms with Crippen molar-refractivity contribution in [2.45, 2.75) is 18.8 Å². The predicted molar refractivity (Wildman–Crippen MR) is 75.0 cm³/mol. The molecule has 5 nitrogen and oxygen atoms in total. The Labute approximate surface area is 122 Å². The van der Waals surface area contributed by atoms with Crippen molar-refractivity contribution in [3.8, 4) is 0 Å². The zero-order valence-corrected chi connectivity index (χ0v) is 12.2. The van der Waals surface area contributed by atoms with Crippen molar-refractivity contribution in [2.24, 2.45) is 0 Å². The van der Waals surface area contributed by atoms with Gasteiger partial charge in [-0.05, 0) is 18.2 Å². The Balaban J connectivity index is 1.96. The summed E-state index contributed by atoms with van der Waals surface area (Å²) in [6.07, 6.45) is 2.06. The number of imidazole rings is 1. The van der Waals surface area contributed by atoms with Crippen LogP contribution in [0.2, 0.25) is 0 Å². The molecular formula is C12H10BrClN4O. The largest absolute Gasteiger partial charge is 0.340 e. The topological polar surface area (TPSA) is 56.7 Å². The highest BCUT2D eigenvalue weighted by Gasteiger charge is 2.11. The fourth-order valence-corrected chi connectivity index (χ4v) is 2.57. The molecule has 3 aromatic rings. The van der Waals surface area contributed by atoms with E-state index in [-0.39, 0.29) is 0 Å². The predicted octanol–water partition coefficient (Wildman–Crippen LogP) is 3.16. The first-order valence-electron chi connectivity index (χ1n) is 5.74. The molecule has 0 saturated carbocycles. The van der Waals surface area contributed by atoms with Crippen LogP contribution in [0.1, 0.15) is 11.7 Å². The SMILES string of the molecule is ClCc1nc2cc(Br)ccc2n1CCc1ncno1. The summed E-state index contributed by atoms with van der Waals surface area (Å²) in [6, 6.07) is 6.00. The third kappa shape index (κ3) is 2.50. The van der Waals surface area contributed by atoms with Crippen molar-refractivity contribution >= 4 is 38.6 Å². The van der Waals surface area contributed by atoms with Crippen LogP contribution in [0.25, 0.3) is 11.0 Å². The number of aryl methyl sites for hydroxylation is 2. The number of rotatable bonds is 4. The van der Waals surface area contributed by atoms with Crippen LogP contribution in [-0.4, -0.2) is 19.7 Å². The van der Waals surface area contributed by atoms with Crippen LogP contribution in [0.3, 0.4) is 0 Å². The third-order valence-electron chi connectivity index (χ3n) is 2.87. The summed E-state index contributed by atoms with van der Waals surface area (Å²) in [6.45, 7) is 0.711. The van der Waals surface area contributed by atoms with Crippen molar-refractivity contribution in [2.75, 3.05) is 0 Å². The van der Waals surface area contributed by atoms with E-state index in [1.54, 1.807) is 0 Å². The number of benzene rings is 1. The fourth-order valence-electron chi connectivity index (χ4n) is 2.02. The Morgan fingerprint density at radius 2 is 2.26 bits per heavy atom. The smallest absolute Gasteiger partial charge is 0.228 e. The van der Waals surface area contributed by atoms with E-state index in [0.717, 1.165) is 21.3 Å². The van der Waals surface area contributed by atoms with E-state index in [2.05, 4.69) is 35.6 Å². The second-order valence-corrected chi connectivity index (χ2v) is 5.21. The molecule has 1 aromatic carbocycles. The Bertz CT molecular complexity index is 695. The summed E-state index contributed by atoms with van der Waals surface area (Å²) in [5, 5.41) is 3.60. The molecule has 19 heavy (non-hydrogen) atoms. The van der Waals surface area contributed by atoms with Gasteiger partial charge in [-0.3, -0.25) is 0 Å². The highest BCUT2D eigenvalue weighted by Crippen LogP contribution is 2.22. The van der Waals surface area contributed by atoms with Crippen LogP contribution in [-0.2, 0) is 18.8 Å². The van der Waals surface area contributed by atoms with E-state index >= 15 is 0 Å². The molecule has 0 aliphatic carbocycles. The van der Waals surface area contributed by atoms with Gasteiger partial charge in [-0.2, -0.15) is 4.98 Å². The standard InChI is InChI=1S/C12H10BrClN4O/c13-8-1-2-10-9(5-8)17-11(6-14)18(10)4-3-12-15-7-16-19-12/h1-2,5,7H,3-4,6H2. The molecular weight excluding hydrogens is 332 g/mol. The van der Waals surface area contributed by atoms with E-state index in [1.807, 2.05) is 18.2 Å². The summed E-state index contributed by atoms with van der Waals surface area (Å²) in [4.78, 5) is 8.54. The second kappa shape index (κ2) is 5.30. The van der Waals surface area contributed by atoms with Gasteiger partial charge in [-0.15, -0.1) is 11.6 Å². The van der Waals surface area contributed by atoms with Gasteiger partial charge in [0.1, 0.15) is 5.82 Å². The van der Waals surface area contributed by atoms with Gasteiger partial charge in [0.15, 0.2) is 6.33 Å². The van der Waals surface area contributed by atoms with Gasteiger partial charge >= 0.3 is 0 Å². The van der Waals surface area contributed by atoms with Crippen molar-refractivity contribution < 1.29 is 4.52 Å². The monoisotopic (exact) mass is 340 g/mol. The first-order chi connectivity index (χ1) is 9.28. The van der Waals surface area contributed by atoms with Crippen LogP contribution in [0, 0.1) is 0 Å². The minimum atomic E-state index is 0.371. The molecule has 2 heterocycles. The van der Waals surface area contributed by atoms with Crippen LogP contribution in [0.5, 0.6) is 0 Å². The number of fused-ring (bicyclic) bond motifs is 1. The van der Waals surface area contributed by atoms with Crippen LogP contribution >= 0.6 is 27.5 Å². The molecule has 0 bridgehead atoms. The lowest BCUT2D eigenvalue weighted by atomic mass is 10.3. The summed E-state index contributed by atoms with van der Waals surface area (Å²) in [5.41, 5.74) is 1.98. The van der Waals surface area contributed by atoms with Crippen molar-refractivity contribution in [3.63, 3.8) is 0 Å². The van der Waals surface area contributed by atoms with Crippen LogP contribution < -0.4 is 0 Å². The normalized spacial score (nSPS) is 11.3. The van der Waals surface area contributed by atoms with E-state index in [1.165, 1.54) is 6.33 Å². The zero-order valence-electron chi connectivity index (χ0n) is 9.88. The molecule has 98 valence electrons. The molecule has 3 rings (SSSR count). The lowest BCUT2D eigenvalue weighted by Gasteiger charge is -2.05. The number of halogens is 2. The van der Waals surface area contributed by atoms with Crippen molar-refractivity contribution in [1.82, 2.24) is 19.7 Å². The molecule has 0 radical (unpaired) electrons. The minimum absolute atomic E-state index is 0.371. The molecule has 0 saturated heterocycles. The molecule has 0 aliphatic rings. The number of hydrogen-bond acceptors (Lipinski definition) is 4. The first-order valence-corrected chi connectivity index (χ1v) is 7.07. The van der Waals surface area contributed by atoms with Crippen molar-refractivity contribution in [1.29, 1.82) is 0 Å². The highest BCUT2D eigenvalue weighted by molar-refractivity contribution is 9.10. The molecule has 7 heteroatoms. The first kappa shape index (κ1) is 12.6. The summed E-state index contributed by atoms with van der Waals surface area (Å²) in [5.74, 6) is 1.82. The lowest BCUT2D eigenvalue weighted by molar-refractivity contribution is 0.371. The van der Waals surface area contributed by atoms with Gasteiger partial charge in [0.05, 0.1) is 16.9 Å². The number of nitrogens with zero attached hydrogens (tertiary/aromatic N) is 4. The van der Waals surface area contributed by atoms with E-state index < -0.39 is 0 Å². The zero-order chi connectivity index (χ0) is 13.2. The molecule has 0 fully saturated rings. The Hall–Kier alpha value is -1.40. The Morgan fingerprint density at radius 1 is 1.37 bits per heavy atom. The fraction of sp³-hybridized carbons (Fsp3) is 0.250. The van der Waals surface area contributed by atoms with Crippen LogP contribution in [0.4, 0.5) is 0 Å². The minimum Gasteiger partial charge on any atom is -0.340 e. The van der Waals surface area contributed by atoms with Gasteiger partial charge in [-0.1, -0.05) is 21.1 Å². The average Bonchev–Trinajstić information content (AvgIpc) is 3.02. The van der Waals surface area contributed by atoms with Gasteiger partial charge < -0.3 is 9.09 Å². The molecule has 0 N–H and O–H groups in total. The Morgan fingerprint density at radius 3 is 3.00 bits per heavy atom. The molecule has 0 atom stereocenters. The maximum atomic E-state index is 5.96. The van der Waals surface area contributed by atoms with Crippen LogP contribution in [0.15, 0.2) is 33.5 Å². The molecule has 0 spiro atoms. The number of alkyl halides is 1. The lowest BCUT2D eigenvalue weighted by Crippen LogP contribution is -2.05. The molecule has 0 amide bonds. The van der Waals surface area contributed by atoms with Gasteiger partial charge in [0.25, 0.3) is 0 Å². The number of hydrogen-bond donors (Lipinski definition) is 0. The quantitative estimate of drug-likeness (QED) is 0.684. The second-order valence-electron chi connectivity index (χ2n) is 4.03. The maximum Gasteiger partial charge on any atom is 0.228 e. The Kier molecular flexibility index (Phi) is 3.52. The van der Waals surface area contributed by atoms with Gasteiger partial charge in [-0.25, -0.2) is 4.98 Å². The van der Waals surface area contributed by atoms with E-state index in [9.17, 15) is 0 Å². The third-order valence-corrected chi connectivity index (χ3v) is 3.60. The van der Waals surface area contributed by atoms with Gasteiger partial charge in [0, 0.05) is 17.4 Å². The average molecular weight is 342 g/mol. The highest BCUT2D eigenvalue weighted by atomic mass is 79.9. The van der Waals surface area contributed by atoms with Crippen molar-refractivity contribution in [3.05, 3.63) is 40.7 Å². The molecule has 0 aliphatic heterocycles. The summed E-state index contributed by atoms with van der Waals surface area (Å²) >= 11 is 9.40. The van der Waals surface area contributed by atoms with E-state index in [0.29, 0.717) is 24.7 Å². The number of aromatic nitrogens is 4. The summed E-state index contributed by atoms with van der Waals surface area (Å²) < 4.78 is 8.09. The van der Waals surface area contributed by atoms with E-state index in [4.69, 9.17) is 16.1 Å².